The highest BCUT2D eigenvalue weighted by Gasteiger charge is 2.67. The van der Waals surface area contributed by atoms with Crippen molar-refractivity contribution < 1.29 is 46.2 Å². The highest BCUT2D eigenvalue weighted by atomic mass is 32.2. The first-order valence-electron chi connectivity index (χ1n) is 11.0. The molecule has 0 spiro atoms. The second-order valence-corrected chi connectivity index (χ2v) is 11.3. The molecular weight excluding hydrogens is 438 g/mol. The van der Waals surface area contributed by atoms with E-state index in [0.717, 1.165) is 25.7 Å². The van der Waals surface area contributed by atoms with E-state index in [9.17, 15) is 32.2 Å². The lowest BCUT2D eigenvalue weighted by atomic mass is 9.60. The van der Waals surface area contributed by atoms with Crippen LogP contribution in [0, 0.1) is 17.8 Å². The summed E-state index contributed by atoms with van der Waals surface area (Å²) in [6.07, 6.45) is 1.97. The minimum absolute atomic E-state index is 0.146. The van der Waals surface area contributed by atoms with Gasteiger partial charge in [-0.3, -0.25) is 9.35 Å². The molecule has 8 nitrogen and oxygen atoms in total. The van der Waals surface area contributed by atoms with Crippen LogP contribution in [0.3, 0.4) is 0 Å². The highest BCUT2D eigenvalue weighted by molar-refractivity contribution is 7.86. The van der Waals surface area contributed by atoms with Gasteiger partial charge < -0.3 is 19.7 Å². The topological polar surface area (TPSA) is 130 Å². The first-order valence-corrected chi connectivity index (χ1v) is 12.4. The Labute approximate surface area is 180 Å². The van der Waals surface area contributed by atoms with Crippen LogP contribution >= 0.6 is 0 Å². The van der Waals surface area contributed by atoms with Crippen molar-refractivity contribution in [2.75, 3.05) is 0 Å². The minimum atomic E-state index is -5.76. The van der Waals surface area contributed by atoms with Gasteiger partial charge in [-0.1, -0.05) is 25.7 Å². The number of aliphatic hydroxyl groups is 2. The van der Waals surface area contributed by atoms with Crippen LogP contribution in [-0.2, 0) is 24.4 Å². The first kappa shape index (κ1) is 23.3. The summed E-state index contributed by atoms with van der Waals surface area (Å²) in [6, 6.07) is 0. The summed E-state index contributed by atoms with van der Waals surface area (Å²) in [5.74, 6) is -2.90. The van der Waals surface area contributed by atoms with Crippen molar-refractivity contribution in [2.45, 2.75) is 99.5 Å². The Bertz CT molecular complexity index is 819. The number of carbonyl (C=O) groups is 1. The maximum Gasteiger partial charge on any atom is 0.405 e. The number of rotatable bonds is 6. The fourth-order valence-corrected chi connectivity index (χ4v) is 6.94. The van der Waals surface area contributed by atoms with Crippen molar-refractivity contribution in [3.8, 4) is 0 Å². The zero-order valence-electron chi connectivity index (χ0n) is 17.4. The maximum atomic E-state index is 13.8. The van der Waals surface area contributed by atoms with E-state index in [-0.39, 0.29) is 12.3 Å². The van der Waals surface area contributed by atoms with Gasteiger partial charge >= 0.3 is 21.3 Å². The van der Waals surface area contributed by atoms with Gasteiger partial charge in [0.2, 0.25) is 0 Å². The van der Waals surface area contributed by atoms with Crippen molar-refractivity contribution in [1.29, 1.82) is 0 Å². The number of carbonyl (C=O) groups excluding carboxylic acids is 1. The quantitative estimate of drug-likeness (QED) is 0.399. The third kappa shape index (κ3) is 3.70. The predicted molar refractivity (Wildman–Crippen MR) is 103 cm³/mol. The fraction of sp³-hybridized carbons (Fsp3) is 0.950. The van der Waals surface area contributed by atoms with E-state index in [0.29, 0.717) is 32.6 Å². The fourth-order valence-electron chi connectivity index (χ4n) is 6.47. The summed E-state index contributed by atoms with van der Waals surface area (Å²) in [5.41, 5.74) is -2.12. The molecule has 0 amide bonds. The molecule has 3 N–H and O–H groups in total. The number of esters is 1. The summed E-state index contributed by atoms with van der Waals surface area (Å²) in [5, 5.41) is 18.1. The number of ether oxygens (including phenoxy) is 2. The molecule has 0 aromatic rings. The summed E-state index contributed by atoms with van der Waals surface area (Å²) in [7, 11) is -5.76. The van der Waals surface area contributed by atoms with E-state index in [1.807, 2.05) is 0 Å². The molecule has 2 heterocycles. The van der Waals surface area contributed by atoms with Gasteiger partial charge in [-0.2, -0.15) is 17.2 Å². The van der Waals surface area contributed by atoms with Gasteiger partial charge in [-0.15, -0.1) is 0 Å². The van der Waals surface area contributed by atoms with E-state index in [1.54, 1.807) is 0 Å². The van der Waals surface area contributed by atoms with Gasteiger partial charge in [0.15, 0.2) is 6.10 Å². The Morgan fingerprint density at radius 1 is 1.06 bits per heavy atom. The van der Waals surface area contributed by atoms with Crippen LogP contribution in [0.15, 0.2) is 0 Å². The average molecular weight is 469 g/mol. The number of hydrogen-bond donors (Lipinski definition) is 3. The normalized spacial score (nSPS) is 37.8. The molecule has 11 heteroatoms. The Morgan fingerprint density at radius 3 is 2.03 bits per heavy atom. The zero-order valence-corrected chi connectivity index (χ0v) is 18.2. The number of alkyl halides is 2. The van der Waals surface area contributed by atoms with E-state index < -0.39 is 62.7 Å². The van der Waals surface area contributed by atoms with Crippen molar-refractivity contribution in [1.82, 2.24) is 0 Å². The molecule has 6 atom stereocenters. The lowest BCUT2D eigenvalue weighted by Gasteiger charge is -2.46. The lowest BCUT2D eigenvalue weighted by Crippen LogP contribution is -2.56. The second kappa shape index (κ2) is 7.58. The Balaban J connectivity index is 1.57. The van der Waals surface area contributed by atoms with Crippen LogP contribution in [0.2, 0.25) is 0 Å². The maximum absolute atomic E-state index is 13.8. The second-order valence-electron chi connectivity index (χ2n) is 9.77. The van der Waals surface area contributed by atoms with Crippen molar-refractivity contribution in [3.63, 3.8) is 0 Å². The molecule has 2 saturated heterocycles. The molecular formula is C20H30F2O8S. The van der Waals surface area contributed by atoms with Crippen molar-refractivity contribution in [3.05, 3.63) is 0 Å². The SMILES string of the molecule is CC(OC(=O)C1CC2OC1C(C1(O)CCCC1)C2C1(O)CCCC1)C(F)(F)S(=O)(=O)O. The molecule has 4 rings (SSSR count). The number of halogens is 2. The Kier molecular flexibility index (Phi) is 5.69. The molecule has 178 valence electrons. The number of fused-ring (bicyclic) bond motifs is 2. The molecule has 31 heavy (non-hydrogen) atoms. The van der Waals surface area contributed by atoms with Gasteiger partial charge in [0.25, 0.3) is 0 Å². The molecule has 2 aliphatic carbocycles. The first-order chi connectivity index (χ1) is 14.3. The van der Waals surface area contributed by atoms with Crippen LogP contribution in [0.5, 0.6) is 0 Å². The predicted octanol–water partition coefficient (Wildman–Crippen LogP) is 2.03. The molecule has 0 radical (unpaired) electrons. The third-order valence-electron chi connectivity index (χ3n) is 7.95. The van der Waals surface area contributed by atoms with Crippen molar-refractivity contribution >= 4 is 16.1 Å². The molecule has 4 fully saturated rings. The third-order valence-corrected chi connectivity index (χ3v) is 8.97. The van der Waals surface area contributed by atoms with E-state index >= 15 is 0 Å². The molecule has 0 aromatic carbocycles. The van der Waals surface area contributed by atoms with E-state index in [1.165, 1.54) is 0 Å². The summed E-state index contributed by atoms with van der Waals surface area (Å²) in [6.45, 7) is 0.700. The monoisotopic (exact) mass is 468 g/mol. The van der Waals surface area contributed by atoms with Gasteiger partial charge in [0.1, 0.15) is 0 Å². The molecule has 2 saturated carbocycles. The summed E-state index contributed by atoms with van der Waals surface area (Å²) in [4.78, 5) is 12.7. The Morgan fingerprint density at radius 2 is 1.55 bits per heavy atom. The average Bonchev–Trinajstić information content (AvgIpc) is 3.44. The molecule has 6 unspecified atom stereocenters. The van der Waals surface area contributed by atoms with Crippen LogP contribution in [0.25, 0.3) is 0 Å². The number of hydrogen-bond acceptors (Lipinski definition) is 7. The standard InChI is InChI=1S/C20H30F2O8S/c1-11(20(21,22)31(26,27)28)29-17(23)12-10-13-14(18(24)6-2-3-7-18)15(16(12)30-13)19(25)8-4-5-9-19/h11-16,24-25H,2-10H2,1H3,(H,26,27,28). The molecule has 0 aromatic heterocycles. The molecule has 2 aliphatic heterocycles. The minimum Gasteiger partial charge on any atom is -0.455 e. The van der Waals surface area contributed by atoms with Crippen LogP contribution in [0.4, 0.5) is 8.78 Å². The summed E-state index contributed by atoms with van der Waals surface area (Å²) < 4.78 is 69.1. The van der Waals surface area contributed by atoms with Gasteiger partial charge in [0.05, 0.1) is 29.3 Å². The summed E-state index contributed by atoms with van der Waals surface area (Å²) >= 11 is 0. The van der Waals surface area contributed by atoms with Gasteiger partial charge in [0, 0.05) is 11.8 Å². The van der Waals surface area contributed by atoms with Crippen molar-refractivity contribution in [2.24, 2.45) is 17.8 Å². The smallest absolute Gasteiger partial charge is 0.405 e. The highest BCUT2D eigenvalue weighted by Crippen LogP contribution is 2.60. The molecule has 4 aliphatic rings. The lowest BCUT2D eigenvalue weighted by molar-refractivity contribution is -0.171. The van der Waals surface area contributed by atoms with E-state index in [2.05, 4.69) is 0 Å². The van der Waals surface area contributed by atoms with Gasteiger partial charge in [-0.05, 0) is 39.0 Å². The Hall–Kier alpha value is -0.880. The van der Waals surface area contributed by atoms with Gasteiger partial charge in [-0.25, -0.2) is 0 Å². The largest absolute Gasteiger partial charge is 0.455 e. The van der Waals surface area contributed by atoms with Crippen LogP contribution in [0.1, 0.15) is 64.7 Å². The van der Waals surface area contributed by atoms with Crippen LogP contribution < -0.4 is 0 Å². The molecule has 2 bridgehead atoms. The zero-order chi connectivity index (χ0) is 22.8. The van der Waals surface area contributed by atoms with Crippen LogP contribution in [-0.4, -0.2) is 63.9 Å². The van der Waals surface area contributed by atoms with E-state index in [4.69, 9.17) is 14.0 Å².